The van der Waals surface area contributed by atoms with Crippen LogP contribution < -0.4 is 14.4 Å². The topological polar surface area (TPSA) is 37.8 Å². The molecule has 5 nitrogen and oxygen atoms in total. The Labute approximate surface area is 163 Å². The molecule has 6 heteroatoms. The Morgan fingerprint density at radius 1 is 1.04 bits per heavy atom. The fourth-order valence-electron chi connectivity index (χ4n) is 3.81. The van der Waals surface area contributed by atoms with Crippen LogP contribution in [0.5, 0.6) is 11.5 Å². The highest BCUT2D eigenvalue weighted by atomic mass is 32.1. The van der Waals surface area contributed by atoms with E-state index in [0.717, 1.165) is 55.8 Å². The Hall–Kier alpha value is -2.31. The molecular formula is C21H23N3O2S. The third kappa shape index (κ3) is 3.24. The Kier molecular flexibility index (Phi) is 4.38. The lowest BCUT2D eigenvalue weighted by Crippen LogP contribution is -2.45. The second-order valence-corrected chi connectivity index (χ2v) is 8.07. The number of hydrogen-bond donors (Lipinski definition) is 0. The van der Waals surface area contributed by atoms with Crippen LogP contribution in [0.1, 0.15) is 18.1 Å². The Morgan fingerprint density at radius 3 is 2.74 bits per heavy atom. The van der Waals surface area contributed by atoms with E-state index in [9.17, 15) is 0 Å². The fourth-order valence-corrected chi connectivity index (χ4v) is 4.87. The Morgan fingerprint density at radius 2 is 1.89 bits per heavy atom. The maximum Gasteiger partial charge on any atom is 0.231 e. The van der Waals surface area contributed by atoms with E-state index in [1.165, 1.54) is 21.3 Å². The van der Waals surface area contributed by atoms with E-state index in [0.29, 0.717) is 6.79 Å². The maximum absolute atomic E-state index is 5.49. The van der Waals surface area contributed by atoms with Crippen LogP contribution in [-0.2, 0) is 13.0 Å². The van der Waals surface area contributed by atoms with E-state index in [-0.39, 0.29) is 0 Å². The van der Waals surface area contributed by atoms with Crippen molar-refractivity contribution < 1.29 is 9.47 Å². The second kappa shape index (κ2) is 7.02. The SMILES string of the molecule is CCc1cccc2sc(N3CCN(Cc4ccc5c(c4)OCO5)CC3)nc12. The summed E-state index contributed by atoms with van der Waals surface area (Å²) < 4.78 is 12.2. The maximum atomic E-state index is 5.49. The van der Waals surface area contributed by atoms with E-state index < -0.39 is 0 Å². The number of aromatic nitrogens is 1. The quantitative estimate of drug-likeness (QED) is 0.685. The molecule has 0 atom stereocenters. The number of anilines is 1. The first-order valence-electron chi connectivity index (χ1n) is 9.54. The fraction of sp³-hybridized carbons (Fsp3) is 0.381. The first kappa shape index (κ1) is 16.8. The highest BCUT2D eigenvalue weighted by Crippen LogP contribution is 2.34. The molecular weight excluding hydrogens is 358 g/mol. The molecule has 0 N–H and O–H groups in total. The van der Waals surface area contributed by atoms with Crippen LogP contribution in [-0.4, -0.2) is 42.9 Å². The zero-order valence-electron chi connectivity index (χ0n) is 15.5. The smallest absolute Gasteiger partial charge is 0.231 e. The van der Waals surface area contributed by atoms with Gasteiger partial charge in [-0.1, -0.05) is 36.5 Å². The summed E-state index contributed by atoms with van der Waals surface area (Å²) in [6.07, 6.45) is 1.03. The van der Waals surface area contributed by atoms with E-state index in [2.05, 4.69) is 47.1 Å². The van der Waals surface area contributed by atoms with Gasteiger partial charge in [-0.15, -0.1) is 0 Å². The number of hydrogen-bond acceptors (Lipinski definition) is 6. The average Bonchev–Trinajstić information content (AvgIpc) is 3.34. The number of aryl methyl sites for hydroxylation is 1. The summed E-state index contributed by atoms with van der Waals surface area (Å²) in [6.45, 7) is 7.61. The minimum atomic E-state index is 0.333. The van der Waals surface area contributed by atoms with Crippen molar-refractivity contribution >= 4 is 26.7 Å². The molecule has 2 aliphatic heterocycles. The molecule has 1 fully saturated rings. The third-order valence-electron chi connectivity index (χ3n) is 5.36. The van der Waals surface area contributed by atoms with Crippen LogP contribution in [0.25, 0.3) is 10.2 Å². The van der Waals surface area contributed by atoms with Gasteiger partial charge in [-0.05, 0) is 35.7 Å². The lowest BCUT2D eigenvalue weighted by Gasteiger charge is -2.34. The number of para-hydroxylation sites is 1. The van der Waals surface area contributed by atoms with Crippen molar-refractivity contribution in [2.24, 2.45) is 0 Å². The third-order valence-corrected chi connectivity index (χ3v) is 6.44. The normalized spacial score (nSPS) is 17.0. The molecule has 2 aromatic carbocycles. The number of thiazole rings is 1. The van der Waals surface area contributed by atoms with Crippen molar-refractivity contribution in [1.29, 1.82) is 0 Å². The summed E-state index contributed by atoms with van der Waals surface area (Å²) in [4.78, 5) is 9.88. The van der Waals surface area contributed by atoms with Crippen LogP contribution in [0.3, 0.4) is 0 Å². The molecule has 1 aromatic heterocycles. The minimum Gasteiger partial charge on any atom is -0.454 e. The van der Waals surface area contributed by atoms with Crippen LogP contribution in [0, 0.1) is 0 Å². The molecule has 0 aliphatic carbocycles. The summed E-state index contributed by atoms with van der Waals surface area (Å²) in [5.74, 6) is 1.72. The average molecular weight is 382 g/mol. The number of nitrogens with zero attached hydrogens (tertiary/aromatic N) is 3. The summed E-state index contributed by atoms with van der Waals surface area (Å²) >= 11 is 1.82. The van der Waals surface area contributed by atoms with Gasteiger partial charge in [0.2, 0.25) is 6.79 Å². The lowest BCUT2D eigenvalue weighted by molar-refractivity contribution is 0.174. The van der Waals surface area contributed by atoms with Crippen molar-refractivity contribution in [2.45, 2.75) is 19.9 Å². The van der Waals surface area contributed by atoms with Gasteiger partial charge in [0.25, 0.3) is 0 Å². The van der Waals surface area contributed by atoms with E-state index >= 15 is 0 Å². The van der Waals surface area contributed by atoms with Crippen LogP contribution >= 0.6 is 11.3 Å². The van der Waals surface area contributed by atoms with E-state index in [1.54, 1.807) is 0 Å². The molecule has 0 amide bonds. The molecule has 27 heavy (non-hydrogen) atoms. The van der Waals surface area contributed by atoms with Gasteiger partial charge >= 0.3 is 0 Å². The molecule has 0 radical (unpaired) electrons. The van der Waals surface area contributed by atoms with Crippen molar-refractivity contribution in [2.75, 3.05) is 37.9 Å². The molecule has 140 valence electrons. The minimum absolute atomic E-state index is 0.333. The van der Waals surface area contributed by atoms with Gasteiger partial charge in [-0.25, -0.2) is 4.98 Å². The molecule has 5 rings (SSSR count). The van der Waals surface area contributed by atoms with Gasteiger partial charge in [0, 0.05) is 32.7 Å². The number of benzene rings is 2. The van der Waals surface area contributed by atoms with Crippen molar-refractivity contribution in [1.82, 2.24) is 9.88 Å². The summed E-state index contributed by atoms with van der Waals surface area (Å²) in [5.41, 5.74) is 3.81. The predicted molar refractivity (Wildman–Crippen MR) is 109 cm³/mol. The van der Waals surface area contributed by atoms with Crippen molar-refractivity contribution in [3.05, 3.63) is 47.5 Å². The molecule has 0 saturated carbocycles. The van der Waals surface area contributed by atoms with Gasteiger partial charge in [-0.3, -0.25) is 4.90 Å². The number of rotatable bonds is 4. The second-order valence-electron chi connectivity index (χ2n) is 7.06. The molecule has 2 aliphatic rings. The van der Waals surface area contributed by atoms with E-state index in [4.69, 9.17) is 14.5 Å². The Bertz CT molecular complexity index is 963. The predicted octanol–water partition coefficient (Wildman–Crippen LogP) is 3.91. The highest BCUT2D eigenvalue weighted by molar-refractivity contribution is 7.22. The highest BCUT2D eigenvalue weighted by Gasteiger charge is 2.21. The Balaban J connectivity index is 1.25. The number of piperazine rings is 1. The summed E-state index contributed by atoms with van der Waals surface area (Å²) in [6, 6.07) is 12.8. The first-order valence-corrected chi connectivity index (χ1v) is 10.4. The summed E-state index contributed by atoms with van der Waals surface area (Å²) in [5, 5.41) is 1.16. The van der Waals surface area contributed by atoms with Crippen molar-refractivity contribution in [3.8, 4) is 11.5 Å². The summed E-state index contributed by atoms with van der Waals surface area (Å²) in [7, 11) is 0. The lowest BCUT2D eigenvalue weighted by atomic mass is 10.1. The molecule has 3 aromatic rings. The molecule has 0 spiro atoms. The number of ether oxygens (including phenoxy) is 2. The van der Waals surface area contributed by atoms with E-state index in [1.807, 2.05) is 17.4 Å². The molecule has 3 heterocycles. The van der Waals surface area contributed by atoms with Crippen LogP contribution in [0.2, 0.25) is 0 Å². The van der Waals surface area contributed by atoms with Gasteiger partial charge in [0.05, 0.1) is 10.2 Å². The van der Waals surface area contributed by atoms with Gasteiger partial charge in [0.15, 0.2) is 16.6 Å². The molecule has 0 unspecified atom stereocenters. The first-order chi connectivity index (χ1) is 13.3. The molecule has 0 bridgehead atoms. The van der Waals surface area contributed by atoms with Gasteiger partial charge in [-0.2, -0.15) is 0 Å². The zero-order valence-corrected chi connectivity index (χ0v) is 16.3. The van der Waals surface area contributed by atoms with Crippen molar-refractivity contribution in [3.63, 3.8) is 0 Å². The monoisotopic (exact) mass is 381 g/mol. The standard InChI is InChI=1S/C21H23N3O2S/c1-2-16-4-3-5-19-20(16)22-21(27-19)24-10-8-23(9-11-24)13-15-6-7-17-18(12-15)26-14-25-17/h3-7,12H,2,8-11,13-14H2,1H3. The molecule has 1 saturated heterocycles. The van der Waals surface area contributed by atoms with Gasteiger partial charge < -0.3 is 14.4 Å². The van der Waals surface area contributed by atoms with Crippen LogP contribution in [0.15, 0.2) is 36.4 Å². The zero-order chi connectivity index (χ0) is 18.2. The largest absolute Gasteiger partial charge is 0.454 e. The number of fused-ring (bicyclic) bond motifs is 2. The van der Waals surface area contributed by atoms with Crippen LogP contribution in [0.4, 0.5) is 5.13 Å². The van der Waals surface area contributed by atoms with Gasteiger partial charge in [0.1, 0.15) is 0 Å².